The zero-order chi connectivity index (χ0) is 13.9. The third-order valence-corrected chi connectivity index (χ3v) is 4.78. The fourth-order valence-corrected chi connectivity index (χ4v) is 3.90. The van der Waals surface area contributed by atoms with Crippen LogP contribution in [0.25, 0.3) is 6.08 Å². The molecule has 4 atom stereocenters. The predicted molar refractivity (Wildman–Crippen MR) is 79.2 cm³/mol. The number of nitrogens with one attached hydrogen (secondary N) is 1. The van der Waals surface area contributed by atoms with E-state index in [1.54, 1.807) is 0 Å². The Bertz CT molecular complexity index is 497. The lowest BCUT2D eigenvalue weighted by molar-refractivity contribution is -0.144. The van der Waals surface area contributed by atoms with Crippen LogP contribution in [0.2, 0.25) is 0 Å². The van der Waals surface area contributed by atoms with Crippen molar-refractivity contribution in [1.82, 2.24) is 5.32 Å². The Hall–Kier alpha value is -1.61. The first kappa shape index (κ1) is 13.4. The van der Waals surface area contributed by atoms with Gasteiger partial charge in [-0.2, -0.15) is 0 Å². The van der Waals surface area contributed by atoms with E-state index in [1.165, 1.54) is 12.0 Å². The number of carbonyl (C=O) groups is 1. The van der Waals surface area contributed by atoms with Crippen molar-refractivity contribution in [1.29, 1.82) is 0 Å². The standard InChI is InChI=1S/C17H21NO2/c19-17(20)15-13-8-9-14(11-13)16(15)18-10-4-7-12-5-2-1-3-6-12/h1-7,13-16,18H,8-11H2,(H,19,20). The molecule has 2 bridgehead atoms. The van der Waals surface area contributed by atoms with Crippen LogP contribution >= 0.6 is 0 Å². The van der Waals surface area contributed by atoms with E-state index < -0.39 is 5.97 Å². The zero-order valence-corrected chi connectivity index (χ0v) is 11.5. The number of carboxylic acids is 1. The molecule has 0 aromatic heterocycles. The monoisotopic (exact) mass is 271 g/mol. The van der Waals surface area contributed by atoms with Gasteiger partial charge < -0.3 is 10.4 Å². The second-order valence-corrected chi connectivity index (χ2v) is 5.94. The molecule has 0 saturated heterocycles. The van der Waals surface area contributed by atoms with E-state index in [9.17, 15) is 9.90 Å². The molecule has 4 unspecified atom stereocenters. The maximum Gasteiger partial charge on any atom is 0.308 e. The molecule has 0 spiro atoms. The minimum atomic E-state index is -0.623. The van der Waals surface area contributed by atoms with E-state index in [-0.39, 0.29) is 12.0 Å². The summed E-state index contributed by atoms with van der Waals surface area (Å²) in [6, 6.07) is 10.3. The van der Waals surface area contributed by atoms with Crippen molar-refractivity contribution in [3.63, 3.8) is 0 Å². The fourth-order valence-electron chi connectivity index (χ4n) is 3.90. The lowest BCUT2D eigenvalue weighted by Gasteiger charge is -2.28. The molecule has 0 radical (unpaired) electrons. The Balaban J connectivity index is 1.55. The normalized spacial score (nSPS) is 32.0. The summed E-state index contributed by atoms with van der Waals surface area (Å²) in [6.45, 7) is 0.743. The summed E-state index contributed by atoms with van der Waals surface area (Å²) in [5, 5.41) is 12.8. The van der Waals surface area contributed by atoms with E-state index >= 15 is 0 Å². The lowest BCUT2D eigenvalue weighted by Crippen LogP contribution is -2.44. The van der Waals surface area contributed by atoms with Crippen molar-refractivity contribution >= 4 is 12.0 Å². The molecule has 2 fully saturated rings. The highest BCUT2D eigenvalue weighted by Crippen LogP contribution is 2.48. The Morgan fingerprint density at radius 2 is 2.00 bits per heavy atom. The van der Waals surface area contributed by atoms with Gasteiger partial charge in [0, 0.05) is 12.6 Å². The summed E-state index contributed by atoms with van der Waals surface area (Å²) in [5.74, 6) is 0.153. The molecule has 0 heterocycles. The van der Waals surface area contributed by atoms with Crippen LogP contribution in [-0.4, -0.2) is 23.7 Å². The third kappa shape index (κ3) is 2.63. The molecule has 3 nitrogen and oxygen atoms in total. The molecule has 2 aliphatic rings. The highest BCUT2D eigenvalue weighted by molar-refractivity contribution is 5.72. The summed E-state index contributed by atoms with van der Waals surface area (Å²) < 4.78 is 0. The van der Waals surface area contributed by atoms with Gasteiger partial charge in [0.25, 0.3) is 0 Å². The molecule has 0 aliphatic heterocycles. The zero-order valence-electron chi connectivity index (χ0n) is 11.5. The van der Waals surface area contributed by atoms with E-state index in [0.717, 1.165) is 19.4 Å². The first-order chi connectivity index (χ1) is 9.75. The van der Waals surface area contributed by atoms with Gasteiger partial charge in [-0.15, -0.1) is 0 Å². The summed E-state index contributed by atoms with van der Waals surface area (Å²) >= 11 is 0. The van der Waals surface area contributed by atoms with Crippen molar-refractivity contribution in [2.75, 3.05) is 6.54 Å². The molecule has 106 valence electrons. The van der Waals surface area contributed by atoms with Crippen molar-refractivity contribution < 1.29 is 9.90 Å². The van der Waals surface area contributed by atoms with Gasteiger partial charge in [0.15, 0.2) is 0 Å². The first-order valence-corrected chi connectivity index (χ1v) is 7.43. The van der Waals surface area contributed by atoms with Crippen LogP contribution in [0, 0.1) is 17.8 Å². The van der Waals surface area contributed by atoms with Gasteiger partial charge >= 0.3 is 5.97 Å². The SMILES string of the molecule is O=C(O)C1C2CCC(C2)C1NCC=Cc1ccccc1. The summed E-state index contributed by atoms with van der Waals surface area (Å²) in [7, 11) is 0. The summed E-state index contributed by atoms with van der Waals surface area (Å²) in [4.78, 5) is 11.4. The van der Waals surface area contributed by atoms with Crippen LogP contribution in [0.3, 0.4) is 0 Å². The van der Waals surface area contributed by atoms with Gasteiger partial charge in [0.1, 0.15) is 0 Å². The quantitative estimate of drug-likeness (QED) is 0.865. The predicted octanol–water partition coefficient (Wildman–Crippen LogP) is 2.79. The minimum Gasteiger partial charge on any atom is -0.481 e. The van der Waals surface area contributed by atoms with Crippen LogP contribution in [-0.2, 0) is 4.79 Å². The molecule has 20 heavy (non-hydrogen) atoms. The number of benzene rings is 1. The molecule has 3 rings (SSSR count). The topological polar surface area (TPSA) is 49.3 Å². The molecule has 2 aliphatic carbocycles. The molecule has 1 aromatic rings. The van der Waals surface area contributed by atoms with Gasteiger partial charge in [-0.1, -0.05) is 42.5 Å². The summed E-state index contributed by atoms with van der Waals surface area (Å²) in [5.41, 5.74) is 1.18. The van der Waals surface area contributed by atoms with Crippen molar-refractivity contribution in [2.24, 2.45) is 17.8 Å². The number of carboxylic acid groups (broad SMARTS) is 1. The molecule has 3 heteroatoms. The number of hydrogen-bond acceptors (Lipinski definition) is 2. The molecule has 0 amide bonds. The average Bonchev–Trinajstić information content (AvgIpc) is 3.05. The highest BCUT2D eigenvalue weighted by atomic mass is 16.4. The molecule has 2 saturated carbocycles. The second-order valence-electron chi connectivity index (χ2n) is 5.94. The Labute approximate surface area is 119 Å². The minimum absolute atomic E-state index is 0.159. The van der Waals surface area contributed by atoms with Crippen molar-refractivity contribution in [2.45, 2.75) is 25.3 Å². The van der Waals surface area contributed by atoms with Crippen LogP contribution in [0.15, 0.2) is 36.4 Å². The Morgan fingerprint density at radius 1 is 1.25 bits per heavy atom. The van der Waals surface area contributed by atoms with Crippen LogP contribution < -0.4 is 5.32 Å². The number of aliphatic carboxylic acids is 1. The van der Waals surface area contributed by atoms with Crippen LogP contribution in [0.5, 0.6) is 0 Å². The molecular formula is C17H21NO2. The number of fused-ring (bicyclic) bond motifs is 2. The van der Waals surface area contributed by atoms with Gasteiger partial charge in [-0.05, 0) is 36.7 Å². The maximum atomic E-state index is 11.4. The third-order valence-electron chi connectivity index (χ3n) is 4.78. The van der Waals surface area contributed by atoms with E-state index in [4.69, 9.17) is 0 Å². The largest absolute Gasteiger partial charge is 0.481 e. The Morgan fingerprint density at radius 3 is 2.75 bits per heavy atom. The second kappa shape index (κ2) is 5.80. The molecular weight excluding hydrogens is 250 g/mol. The van der Waals surface area contributed by atoms with E-state index in [2.05, 4.69) is 29.6 Å². The Kier molecular flexibility index (Phi) is 3.88. The van der Waals surface area contributed by atoms with Gasteiger partial charge in [0.2, 0.25) is 0 Å². The smallest absolute Gasteiger partial charge is 0.308 e. The molecule has 2 N–H and O–H groups in total. The highest BCUT2D eigenvalue weighted by Gasteiger charge is 2.50. The first-order valence-electron chi connectivity index (χ1n) is 7.43. The van der Waals surface area contributed by atoms with Crippen LogP contribution in [0.4, 0.5) is 0 Å². The van der Waals surface area contributed by atoms with Crippen LogP contribution in [0.1, 0.15) is 24.8 Å². The maximum absolute atomic E-state index is 11.4. The van der Waals surface area contributed by atoms with E-state index in [0.29, 0.717) is 11.8 Å². The average molecular weight is 271 g/mol. The van der Waals surface area contributed by atoms with Gasteiger partial charge in [0.05, 0.1) is 5.92 Å². The summed E-state index contributed by atoms with van der Waals surface area (Å²) in [6.07, 6.45) is 7.54. The lowest BCUT2D eigenvalue weighted by atomic mass is 9.84. The number of rotatable bonds is 5. The van der Waals surface area contributed by atoms with Gasteiger partial charge in [-0.3, -0.25) is 4.79 Å². The van der Waals surface area contributed by atoms with E-state index in [1.807, 2.05) is 18.2 Å². The van der Waals surface area contributed by atoms with Crippen molar-refractivity contribution in [3.05, 3.63) is 42.0 Å². The number of hydrogen-bond donors (Lipinski definition) is 2. The fraction of sp³-hybridized carbons (Fsp3) is 0.471. The van der Waals surface area contributed by atoms with Gasteiger partial charge in [-0.25, -0.2) is 0 Å². The molecule has 1 aromatic carbocycles. The van der Waals surface area contributed by atoms with Crippen molar-refractivity contribution in [3.8, 4) is 0 Å².